The van der Waals surface area contributed by atoms with Crippen LogP contribution in [-0.4, -0.2) is 22.8 Å². The molecule has 0 saturated carbocycles. The van der Waals surface area contributed by atoms with E-state index in [0.29, 0.717) is 11.1 Å². The lowest BCUT2D eigenvalue weighted by atomic mass is 10.0. The van der Waals surface area contributed by atoms with Gasteiger partial charge in [-0.1, -0.05) is 12.1 Å². The highest BCUT2D eigenvalue weighted by atomic mass is 16.6. The Morgan fingerprint density at radius 2 is 1.90 bits per heavy atom. The highest BCUT2D eigenvalue weighted by Crippen LogP contribution is 2.18. The SMILES string of the molecule is CC(NC(=O)OC(C)(C)C)C(O)c1ccc(C#N)cc1. The summed E-state index contributed by atoms with van der Waals surface area (Å²) < 4.78 is 5.13. The second kappa shape index (κ2) is 6.40. The van der Waals surface area contributed by atoms with E-state index in [1.165, 1.54) is 0 Å². The van der Waals surface area contributed by atoms with Crippen molar-refractivity contribution in [2.45, 2.75) is 45.4 Å². The van der Waals surface area contributed by atoms with E-state index in [4.69, 9.17) is 10.00 Å². The molecule has 0 spiro atoms. The molecule has 0 heterocycles. The Morgan fingerprint density at radius 1 is 1.35 bits per heavy atom. The van der Waals surface area contributed by atoms with Gasteiger partial charge in [0.15, 0.2) is 0 Å². The van der Waals surface area contributed by atoms with Crippen LogP contribution in [0.3, 0.4) is 0 Å². The lowest BCUT2D eigenvalue weighted by Gasteiger charge is -2.24. The maximum Gasteiger partial charge on any atom is 0.407 e. The Kier molecular flexibility index (Phi) is 5.12. The number of nitriles is 1. The molecule has 5 nitrogen and oxygen atoms in total. The number of nitrogens with one attached hydrogen (secondary N) is 1. The number of benzene rings is 1. The summed E-state index contributed by atoms with van der Waals surface area (Å²) in [5, 5.41) is 21.5. The van der Waals surface area contributed by atoms with Crippen LogP contribution in [-0.2, 0) is 4.74 Å². The number of hydrogen-bond acceptors (Lipinski definition) is 4. The van der Waals surface area contributed by atoms with E-state index in [2.05, 4.69) is 5.32 Å². The van der Waals surface area contributed by atoms with E-state index in [0.717, 1.165) is 0 Å². The van der Waals surface area contributed by atoms with Gasteiger partial charge in [0.1, 0.15) is 5.60 Å². The van der Waals surface area contributed by atoms with Crippen molar-refractivity contribution in [3.63, 3.8) is 0 Å². The molecule has 0 bridgehead atoms. The number of ether oxygens (including phenoxy) is 1. The molecule has 0 aliphatic carbocycles. The van der Waals surface area contributed by atoms with Gasteiger partial charge in [0.25, 0.3) is 0 Å². The number of alkyl carbamates (subject to hydrolysis) is 1. The topological polar surface area (TPSA) is 82.3 Å². The molecule has 0 aliphatic rings. The standard InChI is InChI=1S/C15H20N2O3/c1-10(17-14(19)20-15(2,3)4)13(18)12-7-5-11(9-16)6-8-12/h5-8,10,13,18H,1-4H3,(H,17,19). The molecule has 0 saturated heterocycles. The molecule has 1 aromatic rings. The van der Waals surface area contributed by atoms with Gasteiger partial charge in [-0.25, -0.2) is 4.79 Å². The fourth-order valence-corrected chi connectivity index (χ4v) is 1.62. The zero-order valence-electron chi connectivity index (χ0n) is 12.2. The summed E-state index contributed by atoms with van der Waals surface area (Å²) in [5.41, 5.74) is 0.574. The van der Waals surface area contributed by atoms with Crippen LogP contribution in [0.15, 0.2) is 24.3 Å². The fraction of sp³-hybridized carbons (Fsp3) is 0.467. The Morgan fingerprint density at radius 3 is 2.35 bits per heavy atom. The maximum absolute atomic E-state index is 11.6. The molecule has 1 rings (SSSR count). The first-order valence-electron chi connectivity index (χ1n) is 6.40. The van der Waals surface area contributed by atoms with Gasteiger partial charge in [0, 0.05) is 0 Å². The third-order valence-electron chi connectivity index (χ3n) is 2.60. The molecule has 0 fully saturated rings. The van der Waals surface area contributed by atoms with Gasteiger partial charge in [-0.2, -0.15) is 5.26 Å². The van der Waals surface area contributed by atoms with Crippen LogP contribution >= 0.6 is 0 Å². The molecule has 0 aliphatic heterocycles. The number of aliphatic hydroxyl groups is 1. The quantitative estimate of drug-likeness (QED) is 0.888. The first-order valence-corrected chi connectivity index (χ1v) is 6.40. The number of rotatable bonds is 3. The van der Waals surface area contributed by atoms with Crippen molar-refractivity contribution in [1.82, 2.24) is 5.32 Å². The predicted molar refractivity (Wildman–Crippen MR) is 74.9 cm³/mol. The number of amides is 1. The molecular weight excluding hydrogens is 256 g/mol. The zero-order chi connectivity index (χ0) is 15.3. The Hall–Kier alpha value is -2.06. The molecule has 1 amide bonds. The summed E-state index contributed by atoms with van der Waals surface area (Å²) in [6, 6.07) is 8.08. The molecule has 5 heteroatoms. The minimum absolute atomic E-state index is 0.502. The highest BCUT2D eigenvalue weighted by molar-refractivity contribution is 5.68. The van der Waals surface area contributed by atoms with Crippen LogP contribution in [0, 0.1) is 11.3 Å². The molecule has 1 aromatic carbocycles. The summed E-state index contributed by atoms with van der Waals surface area (Å²) in [4.78, 5) is 11.6. The second-order valence-corrected chi connectivity index (χ2v) is 5.61. The molecule has 2 N–H and O–H groups in total. The van der Waals surface area contributed by atoms with E-state index in [1.807, 2.05) is 6.07 Å². The van der Waals surface area contributed by atoms with Crippen LogP contribution in [0.1, 0.15) is 44.9 Å². The molecule has 20 heavy (non-hydrogen) atoms. The number of nitrogens with zero attached hydrogens (tertiary/aromatic N) is 1. The van der Waals surface area contributed by atoms with Crippen molar-refractivity contribution in [2.24, 2.45) is 0 Å². The number of aliphatic hydroxyl groups excluding tert-OH is 1. The lowest BCUT2D eigenvalue weighted by Crippen LogP contribution is -2.40. The second-order valence-electron chi connectivity index (χ2n) is 5.61. The number of carbonyl (C=O) groups excluding carboxylic acids is 1. The first-order chi connectivity index (χ1) is 9.23. The van der Waals surface area contributed by atoms with Crippen molar-refractivity contribution in [2.75, 3.05) is 0 Å². The first kappa shape index (κ1) is 16.0. The Balaban J connectivity index is 2.64. The number of hydrogen-bond donors (Lipinski definition) is 2. The van der Waals surface area contributed by atoms with Crippen LogP contribution in [0.5, 0.6) is 0 Å². The monoisotopic (exact) mass is 276 g/mol. The summed E-state index contributed by atoms with van der Waals surface area (Å²) in [6.07, 6.45) is -1.44. The van der Waals surface area contributed by atoms with Gasteiger partial charge in [0.05, 0.1) is 23.8 Å². The van der Waals surface area contributed by atoms with Gasteiger partial charge in [-0.3, -0.25) is 0 Å². The minimum atomic E-state index is -0.865. The zero-order valence-corrected chi connectivity index (χ0v) is 12.2. The van der Waals surface area contributed by atoms with E-state index >= 15 is 0 Å². The van der Waals surface area contributed by atoms with Crippen molar-refractivity contribution >= 4 is 6.09 Å². The van der Waals surface area contributed by atoms with Gasteiger partial charge in [-0.05, 0) is 45.4 Å². The number of carbonyl (C=O) groups is 1. The van der Waals surface area contributed by atoms with Gasteiger partial charge in [0.2, 0.25) is 0 Å². The molecule has 2 atom stereocenters. The van der Waals surface area contributed by atoms with Crippen molar-refractivity contribution in [3.05, 3.63) is 35.4 Å². The van der Waals surface area contributed by atoms with E-state index in [1.54, 1.807) is 52.0 Å². The Labute approximate surface area is 119 Å². The van der Waals surface area contributed by atoms with E-state index < -0.39 is 23.8 Å². The average Bonchev–Trinajstić information content (AvgIpc) is 2.35. The van der Waals surface area contributed by atoms with E-state index in [9.17, 15) is 9.90 Å². The van der Waals surface area contributed by atoms with Crippen LogP contribution < -0.4 is 5.32 Å². The maximum atomic E-state index is 11.6. The van der Waals surface area contributed by atoms with Crippen LogP contribution in [0.2, 0.25) is 0 Å². The van der Waals surface area contributed by atoms with Gasteiger partial charge < -0.3 is 15.2 Å². The van der Waals surface area contributed by atoms with Crippen molar-refractivity contribution in [3.8, 4) is 6.07 Å². The molecule has 0 aromatic heterocycles. The lowest BCUT2D eigenvalue weighted by molar-refractivity contribution is 0.0436. The highest BCUT2D eigenvalue weighted by Gasteiger charge is 2.22. The van der Waals surface area contributed by atoms with Gasteiger partial charge >= 0.3 is 6.09 Å². The minimum Gasteiger partial charge on any atom is -0.444 e. The third kappa shape index (κ3) is 4.90. The average molecular weight is 276 g/mol. The van der Waals surface area contributed by atoms with Crippen molar-refractivity contribution in [1.29, 1.82) is 5.26 Å². The van der Waals surface area contributed by atoms with Gasteiger partial charge in [-0.15, -0.1) is 0 Å². The summed E-state index contributed by atoms with van der Waals surface area (Å²) in [6.45, 7) is 7.00. The Bertz CT molecular complexity index is 497. The summed E-state index contributed by atoms with van der Waals surface area (Å²) in [7, 11) is 0. The van der Waals surface area contributed by atoms with Crippen LogP contribution in [0.25, 0.3) is 0 Å². The predicted octanol–water partition coefficient (Wildman–Crippen LogP) is 2.50. The molecular formula is C15H20N2O3. The molecule has 0 radical (unpaired) electrons. The molecule has 2 unspecified atom stereocenters. The third-order valence-corrected chi connectivity index (χ3v) is 2.60. The van der Waals surface area contributed by atoms with Crippen LogP contribution in [0.4, 0.5) is 4.79 Å². The largest absolute Gasteiger partial charge is 0.444 e. The summed E-state index contributed by atoms with van der Waals surface area (Å²) in [5.74, 6) is 0. The molecule has 108 valence electrons. The summed E-state index contributed by atoms with van der Waals surface area (Å²) >= 11 is 0. The smallest absolute Gasteiger partial charge is 0.407 e. The van der Waals surface area contributed by atoms with E-state index in [-0.39, 0.29) is 0 Å². The fourth-order valence-electron chi connectivity index (χ4n) is 1.62. The van der Waals surface area contributed by atoms with Crippen molar-refractivity contribution < 1.29 is 14.6 Å². The normalized spacial score (nSPS) is 14.0.